The largest absolute Gasteiger partial charge is 0.505 e. The Balaban J connectivity index is 1.93. The van der Waals surface area contributed by atoms with E-state index < -0.39 is 17.5 Å². The first kappa shape index (κ1) is 14.2. The van der Waals surface area contributed by atoms with E-state index in [1.807, 2.05) is 0 Å². The van der Waals surface area contributed by atoms with Crippen molar-refractivity contribution in [2.75, 3.05) is 4.90 Å². The molecule has 1 fully saturated rings. The smallest absolute Gasteiger partial charge is 0.301 e. The summed E-state index contributed by atoms with van der Waals surface area (Å²) in [6, 6.07) is 7.08. The summed E-state index contributed by atoms with van der Waals surface area (Å²) in [5.74, 6) is -1.75. The second-order valence-electron chi connectivity index (χ2n) is 4.44. The van der Waals surface area contributed by atoms with Crippen LogP contribution in [-0.4, -0.2) is 21.2 Å². The molecule has 1 saturated heterocycles. The number of hydrogen-bond acceptors (Lipinski definition) is 5. The molecule has 1 aromatic carbocycles. The molecule has 1 N–H and O–H groups in total. The van der Waals surface area contributed by atoms with Gasteiger partial charge in [-0.1, -0.05) is 6.07 Å². The highest BCUT2D eigenvalue weighted by Gasteiger charge is 2.34. The Morgan fingerprint density at radius 2 is 2.18 bits per heavy atom. The van der Waals surface area contributed by atoms with Gasteiger partial charge in [0.1, 0.15) is 0 Å². The number of carbonyl (C=O) groups excluding carboxylic acids is 1. The number of carbonyl (C=O) groups is 1. The van der Waals surface area contributed by atoms with Gasteiger partial charge >= 0.3 is 5.91 Å². The minimum absolute atomic E-state index is 0.0245. The van der Waals surface area contributed by atoms with Crippen molar-refractivity contribution in [2.24, 2.45) is 0 Å². The van der Waals surface area contributed by atoms with Gasteiger partial charge in [-0.25, -0.2) is 9.29 Å². The summed E-state index contributed by atoms with van der Waals surface area (Å²) in [5.41, 5.74) is 0.854. The number of ether oxygens (including phenoxy) is 1. The van der Waals surface area contributed by atoms with E-state index in [2.05, 4.69) is 4.98 Å². The van der Waals surface area contributed by atoms with E-state index in [1.165, 1.54) is 29.3 Å². The van der Waals surface area contributed by atoms with Crippen LogP contribution in [-0.2, 0) is 9.53 Å². The van der Waals surface area contributed by atoms with Gasteiger partial charge in [-0.3, -0.25) is 9.78 Å². The Morgan fingerprint density at radius 3 is 2.86 bits per heavy atom. The third kappa shape index (κ3) is 2.53. The average molecular weight is 316 g/mol. The van der Waals surface area contributed by atoms with Crippen molar-refractivity contribution in [3.05, 3.63) is 59.9 Å². The van der Waals surface area contributed by atoms with Crippen molar-refractivity contribution in [1.29, 1.82) is 0 Å². The van der Waals surface area contributed by atoms with Gasteiger partial charge < -0.3 is 9.84 Å². The van der Waals surface area contributed by atoms with Crippen molar-refractivity contribution in [3.63, 3.8) is 0 Å². The Hall–Kier alpha value is -2.80. The first-order valence-electron chi connectivity index (χ1n) is 6.23. The monoisotopic (exact) mass is 316 g/mol. The molecular weight excluding hydrogens is 307 g/mol. The van der Waals surface area contributed by atoms with Crippen molar-refractivity contribution in [2.45, 2.75) is 0 Å². The highest BCUT2D eigenvalue weighted by atomic mass is 32.1. The van der Waals surface area contributed by atoms with Gasteiger partial charge in [0, 0.05) is 6.20 Å². The van der Waals surface area contributed by atoms with Crippen molar-refractivity contribution in [3.8, 4) is 5.75 Å². The standard InChI is InChI=1S/C15H9FN2O3S/c16-11-6-9(3-4-12(11)19)7-13-14(20)18(15(22)21-13)10-2-1-5-17-8-10/h1-8,19H/b13-7+. The number of pyridine rings is 1. The molecule has 1 aromatic heterocycles. The molecule has 110 valence electrons. The molecule has 1 amide bonds. The van der Waals surface area contributed by atoms with Gasteiger partial charge in [0.05, 0.1) is 11.9 Å². The van der Waals surface area contributed by atoms with Gasteiger partial charge in [0.2, 0.25) is 0 Å². The highest BCUT2D eigenvalue weighted by molar-refractivity contribution is 7.80. The molecule has 0 spiro atoms. The molecule has 1 aliphatic heterocycles. The number of anilines is 1. The number of phenols is 1. The van der Waals surface area contributed by atoms with E-state index >= 15 is 0 Å². The van der Waals surface area contributed by atoms with Crippen molar-refractivity contribution >= 4 is 35.1 Å². The van der Waals surface area contributed by atoms with Crippen LogP contribution in [0.1, 0.15) is 5.56 Å². The number of phenolic OH excluding ortho intramolecular Hbond substituents is 1. The van der Waals surface area contributed by atoms with Crippen molar-refractivity contribution in [1.82, 2.24) is 4.98 Å². The predicted octanol–water partition coefficient (Wildman–Crippen LogP) is 2.62. The molecule has 5 nitrogen and oxygen atoms in total. The van der Waals surface area contributed by atoms with E-state index in [4.69, 9.17) is 22.1 Å². The van der Waals surface area contributed by atoms with Crippen LogP contribution in [0.3, 0.4) is 0 Å². The van der Waals surface area contributed by atoms with E-state index in [0.717, 1.165) is 6.07 Å². The molecule has 2 aromatic rings. The number of halogens is 1. The number of aromatic hydroxyl groups is 1. The van der Waals surface area contributed by atoms with Crippen LogP contribution in [0, 0.1) is 5.82 Å². The van der Waals surface area contributed by atoms with Gasteiger partial charge in [-0.2, -0.15) is 0 Å². The molecule has 3 rings (SSSR count). The molecule has 2 heterocycles. The molecule has 7 heteroatoms. The maximum atomic E-state index is 13.3. The van der Waals surface area contributed by atoms with E-state index in [0.29, 0.717) is 11.3 Å². The molecule has 1 aliphatic rings. The first-order valence-corrected chi connectivity index (χ1v) is 6.63. The summed E-state index contributed by atoms with van der Waals surface area (Å²) >= 11 is 5.04. The minimum Gasteiger partial charge on any atom is -0.505 e. The van der Waals surface area contributed by atoms with Crippen LogP contribution in [0.4, 0.5) is 10.1 Å². The SMILES string of the molecule is O=C1/C(=C\c2ccc(O)c(F)c2)OC(=S)N1c1cccnc1. The lowest BCUT2D eigenvalue weighted by molar-refractivity contribution is -0.114. The predicted molar refractivity (Wildman–Crippen MR) is 81.4 cm³/mol. The van der Waals surface area contributed by atoms with Gasteiger partial charge in [0.15, 0.2) is 17.3 Å². The molecule has 0 saturated carbocycles. The molecule has 0 aliphatic carbocycles. The molecule has 0 unspecified atom stereocenters. The number of amides is 1. The Kier molecular flexibility index (Phi) is 3.56. The van der Waals surface area contributed by atoms with E-state index in [1.54, 1.807) is 18.3 Å². The topological polar surface area (TPSA) is 62.7 Å². The van der Waals surface area contributed by atoms with Crippen LogP contribution in [0.2, 0.25) is 0 Å². The lowest BCUT2D eigenvalue weighted by Crippen LogP contribution is -2.28. The molecule has 22 heavy (non-hydrogen) atoms. The first-order chi connectivity index (χ1) is 10.6. The van der Waals surface area contributed by atoms with Gasteiger partial charge in [-0.15, -0.1) is 0 Å². The Bertz CT molecular complexity index is 793. The molecule has 0 bridgehead atoms. The number of aromatic nitrogens is 1. The van der Waals surface area contributed by atoms with Crippen LogP contribution < -0.4 is 4.90 Å². The zero-order valence-electron chi connectivity index (χ0n) is 11.1. The normalized spacial score (nSPS) is 16.2. The fourth-order valence-electron chi connectivity index (χ4n) is 1.94. The lowest BCUT2D eigenvalue weighted by atomic mass is 10.2. The van der Waals surface area contributed by atoms with Crippen LogP contribution in [0.5, 0.6) is 5.75 Å². The maximum absolute atomic E-state index is 13.3. The molecule has 0 radical (unpaired) electrons. The maximum Gasteiger partial charge on any atom is 0.301 e. The number of thiocarbonyl (C=S) groups is 1. The summed E-state index contributed by atoms with van der Waals surface area (Å²) in [6.07, 6.45) is 4.41. The van der Waals surface area contributed by atoms with Crippen LogP contribution in [0.25, 0.3) is 6.08 Å². The third-order valence-electron chi connectivity index (χ3n) is 2.97. The van der Waals surface area contributed by atoms with Crippen LogP contribution in [0.15, 0.2) is 48.5 Å². The fourth-order valence-corrected chi connectivity index (χ4v) is 2.22. The molecule has 0 atom stereocenters. The average Bonchev–Trinajstić information content (AvgIpc) is 2.78. The lowest BCUT2D eigenvalue weighted by Gasteiger charge is -2.10. The van der Waals surface area contributed by atoms with Gasteiger partial charge in [0.25, 0.3) is 5.17 Å². The molecular formula is C15H9FN2O3S. The quantitative estimate of drug-likeness (QED) is 0.681. The zero-order valence-corrected chi connectivity index (χ0v) is 11.9. The third-order valence-corrected chi connectivity index (χ3v) is 3.23. The number of hydrogen-bond donors (Lipinski definition) is 1. The van der Waals surface area contributed by atoms with Gasteiger partial charge in [-0.05, 0) is 48.1 Å². The highest BCUT2D eigenvalue weighted by Crippen LogP contribution is 2.26. The van der Waals surface area contributed by atoms with E-state index in [-0.39, 0.29) is 10.9 Å². The second-order valence-corrected chi connectivity index (χ2v) is 4.79. The number of rotatable bonds is 2. The summed E-state index contributed by atoms with van der Waals surface area (Å²) in [5, 5.41) is 9.13. The minimum atomic E-state index is -0.786. The van der Waals surface area contributed by atoms with E-state index in [9.17, 15) is 9.18 Å². The second kappa shape index (κ2) is 5.53. The summed E-state index contributed by atoms with van der Waals surface area (Å²) in [7, 11) is 0. The summed E-state index contributed by atoms with van der Waals surface area (Å²) in [6.45, 7) is 0. The van der Waals surface area contributed by atoms with Crippen molar-refractivity contribution < 1.29 is 19.0 Å². The number of nitrogens with zero attached hydrogens (tertiary/aromatic N) is 2. The fraction of sp³-hybridized carbons (Fsp3) is 0. The van der Waals surface area contributed by atoms with Crippen LogP contribution >= 0.6 is 12.2 Å². The Morgan fingerprint density at radius 1 is 1.36 bits per heavy atom. The Labute approximate surface area is 130 Å². The zero-order chi connectivity index (χ0) is 15.7. The summed E-state index contributed by atoms with van der Waals surface area (Å²) in [4.78, 5) is 17.5. The number of benzene rings is 1. The summed E-state index contributed by atoms with van der Waals surface area (Å²) < 4.78 is 18.6.